The van der Waals surface area contributed by atoms with E-state index in [0.717, 1.165) is 5.69 Å². The molecule has 8 heavy (non-hydrogen) atoms. The lowest BCUT2D eigenvalue weighted by molar-refractivity contribution is 1.16. The summed E-state index contributed by atoms with van der Waals surface area (Å²) in [7, 11) is 0. The van der Waals surface area contributed by atoms with E-state index in [9.17, 15) is 4.79 Å². The zero-order valence-electron chi connectivity index (χ0n) is 4.39. The van der Waals surface area contributed by atoms with E-state index < -0.39 is 0 Å². The molecule has 1 aromatic rings. The van der Waals surface area contributed by atoms with Crippen molar-refractivity contribution in [2.75, 3.05) is 0 Å². The van der Waals surface area contributed by atoms with Crippen LogP contribution in [0.25, 0.3) is 0 Å². The number of imidazole rings is 1. The van der Waals surface area contributed by atoms with Gasteiger partial charge in [-0.15, -0.1) is 12.4 Å². The Hall–Kier alpha value is -0.700. The quantitative estimate of drug-likeness (QED) is 0.531. The molecule has 0 spiro atoms. The van der Waals surface area contributed by atoms with Crippen molar-refractivity contribution in [3.8, 4) is 0 Å². The molecule has 0 amide bonds. The van der Waals surface area contributed by atoms with E-state index >= 15 is 0 Å². The van der Waals surface area contributed by atoms with Gasteiger partial charge in [0.1, 0.15) is 0 Å². The Labute approximate surface area is 52.5 Å². The van der Waals surface area contributed by atoms with Crippen LogP contribution in [0.3, 0.4) is 0 Å². The molecular formula is C4H7ClN2O. The Morgan fingerprint density at radius 2 is 2.25 bits per heavy atom. The van der Waals surface area contributed by atoms with Crippen LogP contribution in [-0.4, -0.2) is 9.97 Å². The van der Waals surface area contributed by atoms with Gasteiger partial charge < -0.3 is 9.97 Å². The Morgan fingerprint density at radius 1 is 1.62 bits per heavy atom. The van der Waals surface area contributed by atoms with Crippen LogP contribution in [-0.2, 0) is 0 Å². The van der Waals surface area contributed by atoms with E-state index in [0.29, 0.717) is 0 Å². The minimum absolute atomic E-state index is 0. The van der Waals surface area contributed by atoms with E-state index in [1.807, 2.05) is 6.92 Å². The second-order valence-corrected chi connectivity index (χ2v) is 1.43. The second-order valence-electron chi connectivity index (χ2n) is 1.43. The number of H-pyrrole nitrogens is 2. The number of nitrogens with one attached hydrogen (secondary N) is 2. The van der Waals surface area contributed by atoms with E-state index in [4.69, 9.17) is 0 Å². The predicted octanol–water partition coefficient (Wildman–Crippen LogP) is 0.433. The van der Waals surface area contributed by atoms with Gasteiger partial charge in [0.05, 0.1) is 0 Å². The van der Waals surface area contributed by atoms with Crippen molar-refractivity contribution in [2.24, 2.45) is 0 Å². The number of halogens is 1. The summed E-state index contributed by atoms with van der Waals surface area (Å²) in [6, 6.07) is 0. The molecule has 0 aliphatic heterocycles. The molecule has 0 bridgehead atoms. The molecule has 0 saturated carbocycles. The summed E-state index contributed by atoms with van der Waals surface area (Å²) in [5.74, 6) is 0. The lowest BCUT2D eigenvalue weighted by atomic mass is 10.6. The number of hydrogen-bond acceptors (Lipinski definition) is 1. The van der Waals surface area contributed by atoms with Crippen LogP contribution in [0.2, 0.25) is 0 Å². The maximum absolute atomic E-state index is 10.2. The third kappa shape index (κ3) is 1.42. The molecular weight excluding hydrogens is 128 g/mol. The molecule has 3 nitrogen and oxygen atoms in total. The van der Waals surface area contributed by atoms with Crippen molar-refractivity contribution in [1.29, 1.82) is 0 Å². The summed E-state index contributed by atoms with van der Waals surface area (Å²) in [5, 5.41) is 0. The molecule has 0 aliphatic carbocycles. The standard InChI is InChI=1S/C4H6N2O.ClH/c1-3-2-5-4(7)6-3;/h2H,1H3,(H2,5,6,7);1H. The molecule has 0 aliphatic rings. The molecule has 1 heterocycles. The number of aromatic amines is 2. The summed E-state index contributed by atoms with van der Waals surface area (Å²) in [5.41, 5.74) is 0.725. The van der Waals surface area contributed by atoms with Gasteiger partial charge in [-0.05, 0) is 6.92 Å². The normalized spacial score (nSPS) is 8.12. The van der Waals surface area contributed by atoms with Crippen molar-refractivity contribution in [3.63, 3.8) is 0 Å². The SMILES string of the molecule is Cc1c[nH]c(=O)[nH]1.Cl. The Balaban J connectivity index is 0.000000490. The molecule has 0 saturated heterocycles. The Bertz CT molecular complexity index is 202. The lowest BCUT2D eigenvalue weighted by Crippen LogP contribution is -1.99. The number of hydrogen-bond donors (Lipinski definition) is 2. The number of rotatable bonds is 0. The van der Waals surface area contributed by atoms with Gasteiger partial charge in [0.25, 0.3) is 0 Å². The molecule has 0 fully saturated rings. The summed E-state index contributed by atoms with van der Waals surface area (Å²) in [6.45, 7) is 1.82. The highest BCUT2D eigenvalue weighted by molar-refractivity contribution is 5.85. The minimum Gasteiger partial charge on any atom is -0.313 e. The summed E-state index contributed by atoms with van der Waals surface area (Å²) in [6.07, 6.45) is 1.63. The maximum atomic E-state index is 10.2. The van der Waals surface area contributed by atoms with Gasteiger partial charge in [-0.2, -0.15) is 0 Å². The van der Waals surface area contributed by atoms with E-state index in [-0.39, 0.29) is 18.1 Å². The van der Waals surface area contributed by atoms with Crippen LogP contribution >= 0.6 is 12.4 Å². The summed E-state index contributed by atoms with van der Waals surface area (Å²) < 4.78 is 0. The van der Waals surface area contributed by atoms with Gasteiger partial charge in [-0.25, -0.2) is 4.79 Å². The molecule has 0 unspecified atom stereocenters. The lowest BCUT2D eigenvalue weighted by Gasteiger charge is -1.67. The van der Waals surface area contributed by atoms with E-state index in [1.165, 1.54) is 0 Å². The largest absolute Gasteiger partial charge is 0.323 e. The highest BCUT2D eigenvalue weighted by atomic mass is 35.5. The molecule has 1 aromatic heterocycles. The van der Waals surface area contributed by atoms with Crippen LogP contribution in [0.4, 0.5) is 0 Å². The molecule has 4 heteroatoms. The van der Waals surface area contributed by atoms with Gasteiger partial charge in [-0.3, -0.25) is 0 Å². The average Bonchev–Trinajstić information content (AvgIpc) is 1.87. The van der Waals surface area contributed by atoms with Crippen LogP contribution in [0, 0.1) is 6.92 Å². The highest BCUT2D eigenvalue weighted by Gasteiger charge is 1.81. The van der Waals surface area contributed by atoms with Crippen molar-refractivity contribution < 1.29 is 0 Å². The first-order valence-electron chi connectivity index (χ1n) is 2.03. The smallest absolute Gasteiger partial charge is 0.313 e. The average molecular weight is 135 g/mol. The van der Waals surface area contributed by atoms with E-state index in [1.54, 1.807) is 6.20 Å². The van der Waals surface area contributed by atoms with Crippen LogP contribution in [0.1, 0.15) is 5.69 Å². The van der Waals surface area contributed by atoms with Crippen LogP contribution in [0.15, 0.2) is 11.0 Å². The molecule has 0 radical (unpaired) electrons. The topological polar surface area (TPSA) is 48.6 Å². The zero-order valence-corrected chi connectivity index (χ0v) is 5.21. The molecule has 0 atom stereocenters. The van der Waals surface area contributed by atoms with Gasteiger partial charge in [0.15, 0.2) is 0 Å². The van der Waals surface area contributed by atoms with Crippen LogP contribution in [0.5, 0.6) is 0 Å². The fourth-order valence-corrected chi connectivity index (χ4v) is 0.425. The second kappa shape index (κ2) is 2.57. The fourth-order valence-electron chi connectivity index (χ4n) is 0.425. The third-order valence-electron chi connectivity index (χ3n) is 0.730. The Kier molecular flexibility index (Phi) is 2.34. The molecule has 1 rings (SSSR count). The first-order chi connectivity index (χ1) is 3.29. The van der Waals surface area contributed by atoms with Crippen molar-refractivity contribution in [3.05, 3.63) is 22.4 Å². The zero-order chi connectivity index (χ0) is 5.28. The van der Waals surface area contributed by atoms with Crippen molar-refractivity contribution >= 4 is 12.4 Å². The highest BCUT2D eigenvalue weighted by Crippen LogP contribution is 1.76. The Morgan fingerprint density at radius 3 is 2.38 bits per heavy atom. The first-order valence-corrected chi connectivity index (χ1v) is 2.03. The van der Waals surface area contributed by atoms with Gasteiger partial charge in [-0.1, -0.05) is 0 Å². The van der Waals surface area contributed by atoms with Crippen molar-refractivity contribution in [1.82, 2.24) is 9.97 Å². The van der Waals surface area contributed by atoms with Gasteiger partial charge in [0.2, 0.25) is 0 Å². The molecule has 0 aromatic carbocycles. The van der Waals surface area contributed by atoms with Gasteiger partial charge >= 0.3 is 5.69 Å². The summed E-state index contributed by atoms with van der Waals surface area (Å²) >= 11 is 0. The predicted molar refractivity (Wildman–Crippen MR) is 33.4 cm³/mol. The third-order valence-corrected chi connectivity index (χ3v) is 0.730. The van der Waals surface area contributed by atoms with Crippen LogP contribution < -0.4 is 5.69 Å². The number of aromatic nitrogens is 2. The van der Waals surface area contributed by atoms with E-state index in [2.05, 4.69) is 9.97 Å². The van der Waals surface area contributed by atoms with Gasteiger partial charge in [0, 0.05) is 11.9 Å². The minimum atomic E-state index is -0.141. The molecule has 2 N–H and O–H groups in total. The van der Waals surface area contributed by atoms with Crippen molar-refractivity contribution in [2.45, 2.75) is 6.92 Å². The number of aryl methyl sites for hydroxylation is 1. The molecule has 46 valence electrons. The first kappa shape index (κ1) is 7.30. The summed E-state index contributed by atoms with van der Waals surface area (Å²) in [4.78, 5) is 15.2. The monoisotopic (exact) mass is 134 g/mol. The maximum Gasteiger partial charge on any atom is 0.323 e. The fraction of sp³-hybridized carbons (Fsp3) is 0.250.